The number of hydrogen-bond donors (Lipinski definition) is 3. The second-order valence-corrected chi connectivity index (χ2v) is 12.1. The Bertz CT molecular complexity index is 1170. The molecule has 9 atom stereocenters. The lowest BCUT2D eigenvalue weighted by Crippen LogP contribution is -2.62. The van der Waals surface area contributed by atoms with Crippen LogP contribution in [0.1, 0.15) is 65.9 Å². The number of aliphatic hydroxyl groups excluding tert-OH is 2. The number of carbonyl (C=O) groups excluding carboxylic acids is 2. The largest absolute Gasteiger partial charge is 0.479 e. The quantitative estimate of drug-likeness (QED) is 0.153. The van der Waals surface area contributed by atoms with Crippen molar-refractivity contribution < 1.29 is 48.7 Å². The van der Waals surface area contributed by atoms with Crippen molar-refractivity contribution >= 4 is 17.9 Å². The molecule has 2 aliphatic rings. The summed E-state index contributed by atoms with van der Waals surface area (Å²) in [5.74, 6) is -4.48. The van der Waals surface area contributed by atoms with Crippen LogP contribution in [0.25, 0.3) is 0 Å². The molecule has 1 aromatic rings. The van der Waals surface area contributed by atoms with Crippen molar-refractivity contribution in [2.24, 2.45) is 17.8 Å². The smallest absolute Gasteiger partial charge is 0.343 e. The first kappa shape index (κ1) is 34.4. The summed E-state index contributed by atoms with van der Waals surface area (Å²) in [5.41, 5.74) is -0.879. The molecule has 0 saturated carbocycles. The van der Waals surface area contributed by atoms with E-state index in [1.54, 1.807) is 6.08 Å². The Balaban J connectivity index is 1.78. The fraction of sp³-hybridized carbons (Fsp3) is 0.606. The average Bonchev–Trinajstić information content (AvgIpc) is 3.17. The van der Waals surface area contributed by atoms with Crippen LogP contribution in [0, 0.1) is 17.8 Å². The van der Waals surface area contributed by atoms with Gasteiger partial charge in [0.25, 0.3) is 0 Å². The number of benzene rings is 1. The van der Waals surface area contributed by atoms with Gasteiger partial charge in [-0.3, -0.25) is 4.79 Å². The zero-order chi connectivity index (χ0) is 31.9. The van der Waals surface area contributed by atoms with E-state index in [1.165, 1.54) is 13.0 Å². The molecule has 0 aromatic heterocycles. The van der Waals surface area contributed by atoms with Crippen LogP contribution < -0.4 is 0 Å². The van der Waals surface area contributed by atoms with E-state index >= 15 is 0 Å². The topological polar surface area (TPSA) is 149 Å². The summed E-state index contributed by atoms with van der Waals surface area (Å²) in [6, 6.07) is 9.71. The summed E-state index contributed by atoms with van der Waals surface area (Å²) in [5, 5.41) is 32.3. The Morgan fingerprint density at radius 1 is 1.16 bits per heavy atom. The van der Waals surface area contributed by atoms with Gasteiger partial charge in [-0.25, -0.2) is 9.59 Å². The van der Waals surface area contributed by atoms with Gasteiger partial charge in [-0.1, -0.05) is 77.1 Å². The molecule has 1 aromatic carbocycles. The van der Waals surface area contributed by atoms with E-state index in [4.69, 9.17) is 18.9 Å². The standard InChI is InChI=1S/C33H46O10/c1-7-20(2)17-21(3)13-14-27(36)42-30-29(37)32(40-19-26(35)33(30,43-32)31(38)39)16-15-22(4)28(41-24(6)34)23(5)18-25-11-9-8-10-12-25/h8-14,20-21,23,26,28-30,35,37H,4,7,15-19H2,1-3,5-6H3,(H,38,39)/b14-13+/t20-,21+,23+,26+,28+,29+,30+,32-,33-/m0/s1. The van der Waals surface area contributed by atoms with E-state index < -0.39 is 60.3 Å². The zero-order valence-corrected chi connectivity index (χ0v) is 25.7. The number of aliphatic hydroxyl groups is 2. The maximum Gasteiger partial charge on any atom is 0.343 e. The molecular formula is C33H46O10. The summed E-state index contributed by atoms with van der Waals surface area (Å²) < 4.78 is 22.7. The highest BCUT2D eigenvalue weighted by atomic mass is 16.8. The van der Waals surface area contributed by atoms with Crippen LogP contribution in [0.4, 0.5) is 0 Å². The van der Waals surface area contributed by atoms with E-state index in [9.17, 15) is 29.7 Å². The maximum atomic E-state index is 12.8. The summed E-state index contributed by atoms with van der Waals surface area (Å²) in [6.07, 6.45) is -0.529. The van der Waals surface area contributed by atoms with Crippen molar-refractivity contribution in [3.05, 3.63) is 60.2 Å². The van der Waals surface area contributed by atoms with Crippen molar-refractivity contribution in [2.75, 3.05) is 6.61 Å². The normalized spacial score (nSPS) is 29.4. The van der Waals surface area contributed by atoms with Crippen LogP contribution in [-0.4, -0.2) is 75.6 Å². The first-order valence-corrected chi connectivity index (χ1v) is 15.0. The van der Waals surface area contributed by atoms with Crippen LogP contribution in [-0.2, 0) is 39.8 Å². The van der Waals surface area contributed by atoms with Gasteiger partial charge in [0.1, 0.15) is 18.3 Å². The minimum Gasteiger partial charge on any atom is -0.479 e. The lowest BCUT2D eigenvalue weighted by Gasteiger charge is -2.41. The Morgan fingerprint density at radius 2 is 1.84 bits per heavy atom. The van der Waals surface area contributed by atoms with Crippen molar-refractivity contribution in [2.45, 2.75) is 103 Å². The molecule has 2 fully saturated rings. The molecule has 43 heavy (non-hydrogen) atoms. The first-order valence-electron chi connectivity index (χ1n) is 15.0. The fourth-order valence-electron chi connectivity index (χ4n) is 5.95. The van der Waals surface area contributed by atoms with Gasteiger partial charge in [0.2, 0.25) is 5.60 Å². The third-order valence-electron chi connectivity index (χ3n) is 8.50. The molecule has 10 heteroatoms. The second-order valence-electron chi connectivity index (χ2n) is 12.1. The van der Waals surface area contributed by atoms with Gasteiger partial charge < -0.3 is 34.3 Å². The first-order chi connectivity index (χ1) is 20.3. The van der Waals surface area contributed by atoms with Crippen molar-refractivity contribution in [1.82, 2.24) is 0 Å². The Kier molecular flexibility index (Phi) is 11.7. The average molecular weight is 603 g/mol. The Hall–Kier alpha value is -3.05. The van der Waals surface area contributed by atoms with E-state index in [2.05, 4.69) is 20.4 Å². The molecular weight excluding hydrogens is 556 g/mol. The fourth-order valence-corrected chi connectivity index (χ4v) is 5.95. The summed E-state index contributed by atoms with van der Waals surface area (Å²) in [6.45, 7) is 13.1. The molecule has 2 heterocycles. The van der Waals surface area contributed by atoms with Gasteiger partial charge in [-0.05, 0) is 42.2 Å². The second kappa shape index (κ2) is 14.6. The monoisotopic (exact) mass is 602 g/mol. The minimum atomic E-state index is -2.44. The Labute approximate surface area is 253 Å². The molecule has 0 amide bonds. The van der Waals surface area contributed by atoms with E-state index in [-0.39, 0.29) is 24.7 Å². The van der Waals surface area contributed by atoms with Crippen LogP contribution in [0.15, 0.2) is 54.6 Å². The molecule has 0 aliphatic carbocycles. The number of rotatable bonds is 15. The number of carbonyl (C=O) groups is 3. The highest BCUT2D eigenvalue weighted by molar-refractivity contribution is 5.85. The molecule has 0 spiro atoms. The third kappa shape index (κ3) is 7.92. The third-order valence-corrected chi connectivity index (χ3v) is 8.50. The number of fused-ring (bicyclic) bond motifs is 2. The van der Waals surface area contributed by atoms with Gasteiger partial charge >= 0.3 is 17.9 Å². The molecule has 2 aliphatic heterocycles. The van der Waals surface area contributed by atoms with Crippen LogP contribution >= 0.6 is 0 Å². The highest BCUT2D eigenvalue weighted by Gasteiger charge is 2.74. The predicted octanol–water partition coefficient (Wildman–Crippen LogP) is 3.98. The summed E-state index contributed by atoms with van der Waals surface area (Å²) in [7, 11) is 0. The highest BCUT2D eigenvalue weighted by Crippen LogP contribution is 2.49. The van der Waals surface area contributed by atoms with Crippen LogP contribution in [0.5, 0.6) is 0 Å². The molecule has 3 rings (SSSR count). The van der Waals surface area contributed by atoms with Gasteiger partial charge in [-0.15, -0.1) is 0 Å². The number of hydrogen-bond acceptors (Lipinski definition) is 9. The molecule has 3 N–H and O–H groups in total. The number of aliphatic carboxylic acids is 1. The summed E-state index contributed by atoms with van der Waals surface area (Å²) in [4.78, 5) is 37.3. The van der Waals surface area contributed by atoms with Crippen molar-refractivity contribution in [3.63, 3.8) is 0 Å². The predicted molar refractivity (Wildman–Crippen MR) is 158 cm³/mol. The molecule has 2 bridgehead atoms. The van der Waals surface area contributed by atoms with Gasteiger partial charge in [0, 0.05) is 25.3 Å². The van der Waals surface area contributed by atoms with Gasteiger partial charge in [0.05, 0.1) is 6.61 Å². The SMILES string of the molecule is C=C(CC[C@]12OC[C@@H](O)[C@](C(=O)O)(O1)[C@H](OC(=O)/C=C/[C@@H](C)C[C@@H](C)CC)[C@H]2O)[C@@H](OC(C)=O)[C@H](C)Cc1ccccc1. The van der Waals surface area contributed by atoms with Crippen LogP contribution in [0.3, 0.4) is 0 Å². The number of carboxylic acid groups (broad SMARTS) is 1. The van der Waals surface area contributed by atoms with E-state index in [1.807, 2.05) is 44.2 Å². The molecule has 2 saturated heterocycles. The van der Waals surface area contributed by atoms with E-state index in [0.717, 1.165) is 18.4 Å². The zero-order valence-electron chi connectivity index (χ0n) is 25.7. The van der Waals surface area contributed by atoms with Crippen molar-refractivity contribution in [3.8, 4) is 0 Å². The maximum absolute atomic E-state index is 12.8. The lowest BCUT2D eigenvalue weighted by molar-refractivity contribution is -0.333. The minimum absolute atomic E-state index is 0.0700. The summed E-state index contributed by atoms with van der Waals surface area (Å²) >= 11 is 0. The van der Waals surface area contributed by atoms with Gasteiger partial charge in [-0.2, -0.15) is 0 Å². The number of ether oxygens (including phenoxy) is 4. The number of esters is 2. The molecule has 0 radical (unpaired) electrons. The molecule has 238 valence electrons. The van der Waals surface area contributed by atoms with Crippen molar-refractivity contribution in [1.29, 1.82) is 0 Å². The Morgan fingerprint density at radius 3 is 2.44 bits per heavy atom. The number of allylic oxidation sites excluding steroid dienone is 1. The molecule has 10 nitrogen and oxygen atoms in total. The lowest BCUT2D eigenvalue weighted by atomic mass is 9.87. The van der Waals surface area contributed by atoms with Gasteiger partial charge in [0.15, 0.2) is 11.9 Å². The van der Waals surface area contributed by atoms with E-state index in [0.29, 0.717) is 17.9 Å². The molecule has 0 unspecified atom stereocenters. The van der Waals surface area contributed by atoms with Crippen LogP contribution in [0.2, 0.25) is 0 Å². The number of carboxylic acids is 1.